The number of ether oxygens (including phenoxy) is 1. The molecule has 0 aliphatic rings. The highest BCUT2D eigenvalue weighted by atomic mass is 32.2. The molecule has 0 spiro atoms. The van der Waals surface area contributed by atoms with Crippen LogP contribution < -0.4 is 10.5 Å². The van der Waals surface area contributed by atoms with Crippen molar-refractivity contribution in [3.8, 4) is 5.75 Å². The number of hydrogen-bond acceptors (Lipinski definition) is 3. The summed E-state index contributed by atoms with van der Waals surface area (Å²) in [6.45, 7) is 0.0219. The van der Waals surface area contributed by atoms with E-state index in [1.165, 1.54) is 0 Å². The lowest BCUT2D eigenvalue weighted by Crippen LogP contribution is -2.07. The van der Waals surface area contributed by atoms with Crippen LogP contribution in [0.5, 0.6) is 5.75 Å². The van der Waals surface area contributed by atoms with E-state index < -0.39 is 5.51 Å². The van der Waals surface area contributed by atoms with Gasteiger partial charge in [0, 0.05) is 11.4 Å². The Balaban J connectivity index is 2.23. The molecule has 0 bridgehead atoms. The lowest BCUT2D eigenvalue weighted by molar-refractivity contribution is -0.0329. The lowest BCUT2D eigenvalue weighted by Gasteiger charge is -2.07. The summed E-state index contributed by atoms with van der Waals surface area (Å²) >= 11 is -0.0937. The standard InChI is InChI=1S/C9H10F3NOS/c10-9(11,12)15-6-5-14-8-3-1-7(13)2-4-8/h1-4H,5-6,13H2. The van der Waals surface area contributed by atoms with Crippen LogP contribution >= 0.6 is 11.8 Å². The van der Waals surface area contributed by atoms with E-state index in [9.17, 15) is 13.2 Å². The molecule has 0 saturated heterocycles. The predicted octanol–water partition coefficient (Wildman–Crippen LogP) is 2.90. The van der Waals surface area contributed by atoms with Gasteiger partial charge in [0.2, 0.25) is 0 Å². The lowest BCUT2D eigenvalue weighted by atomic mass is 10.3. The molecule has 84 valence electrons. The van der Waals surface area contributed by atoms with Crippen LogP contribution in [0, 0.1) is 0 Å². The molecule has 1 aromatic rings. The summed E-state index contributed by atoms with van der Waals surface area (Å²) in [5, 5.41) is 0. The van der Waals surface area contributed by atoms with Crippen LogP contribution in [0.2, 0.25) is 0 Å². The number of anilines is 1. The first-order valence-electron chi connectivity index (χ1n) is 4.16. The smallest absolute Gasteiger partial charge is 0.441 e. The van der Waals surface area contributed by atoms with E-state index in [1.54, 1.807) is 24.3 Å². The molecule has 0 unspecified atom stereocenters. The molecule has 0 aliphatic heterocycles. The molecule has 0 amide bonds. The number of rotatable bonds is 4. The molecular weight excluding hydrogens is 227 g/mol. The van der Waals surface area contributed by atoms with Crippen LogP contribution in [-0.4, -0.2) is 17.9 Å². The molecule has 0 atom stereocenters. The highest BCUT2D eigenvalue weighted by Crippen LogP contribution is 2.29. The Labute approximate surface area is 89.6 Å². The van der Waals surface area contributed by atoms with Crippen LogP contribution in [0.4, 0.5) is 18.9 Å². The van der Waals surface area contributed by atoms with Gasteiger partial charge in [0.05, 0.1) is 6.61 Å². The van der Waals surface area contributed by atoms with Crippen molar-refractivity contribution in [3.05, 3.63) is 24.3 Å². The van der Waals surface area contributed by atoms with Gasteiger partial charge in [0.1, 0.15) is 5.75 Å². The maximum Gasteiger partial charge on any atom is 0.441 e. The number of benzene rings is 1. The fourth-order valence-corrected chi connectivity index (χ4v) is 1.28. The van der Waals surface area contributed by atoms with Gasteiger partial charge in [-0.1, -0.05) is 0 Å². The average Bonchev–Trinajstić information content (AvgIpc) is 2.14. The zero-order valence-corrected chi connectivity index (χ0v) is 8.57. The van der Waals surface area contributed by atoms with Gasteiger partial charge in [-0.3, -0.25) is 0 Å². The van der Waals surface area contributed by atoms with Crippen molar-refractivity contribution in [1.82, 2.24) is 0 Å². The van der Waals surface area contributed by atoms with Gasteiger partial charge in [-0.25, -0.2) is 0 Å². The Morgan fingerprint density at radius 1 is 1.20 bits per heavy atom. The first kappa shape index (κ1) is 12.0. The maximum atomic E-state index is 11.7. The largest absolute Gasteiger partial charge is 0.493 e. The molecule has 0 radical (unpaired) electrons. The van der Waals surface area contributed by atoms with E-state index in [0.29, 0.717) is 11.4 Å². The second-order valence-electron chi connectivity index (χ2n) is 2.71. The summed E-state index contributed by atoms with van der Waals surface area (Å²) in [5.74, 6) is 0.403. The Morgan fingerprint density at radius 3 is 2.33 bits per heavy atom. The summed E-state index contributed by atoms with van der Waals surface area (Å²) in [6, 6.07) is 6.50. The van der Waals surface area contributed by atoms with E-state index in [1.807, 2.05) is 0 Å². The number of halogens is 3. The Bertz CT molecular complexity index is 299. The van der Waals surface area contributed by atoms with Gasteiger partial charge in [0.15, 0.2) is 0 Å². The van der Waals surface area contributed by atoms with Gasteiger partial charge < -0.3 is 10.5 Å². The molecule has 0 fully saturated rings. The van der Waals surface area contributed by atoms with Gasteiger partial charge in [-0.15, -0.1) is 0 Å². The summed E-state index contributed by atoms with van der Waals surface area (Å²) in [5.41, 5.74) is 1.83. The molecule has 2 nitrogen and oxygen atoms in total. The number of alkyl halides is 3. The van der Waals surface area contributed by atoms with Gasteiger partial charge in [-0.2, -0.15) is 13.2 Å². The highest BCUT2D eigenvalue weighted by Gasteiger charge is 2.27. The van der Waals surface area contributed by atoms with Crippen molar-refractivity contribution in [2.75, 3.05) is 18.1 Å². The minimum absolute atomic E-state index is 0.0219. The summed E-state index contributed by atoms with van der Waals surface area (Å²) in [6.07, 6.45) is 0. The monoisotopic (exact) mass is 237 g/mol. The Hall–Kier alpha value is -1.04. The van der Waals surface area contributed by atoms with Crippen LogP contribution in [0.25, 0.3) is 0 Å². The fraction of sp³-hybridized carbons (Fsp3) is 0.333. The van der Waals surface area contributed by atoms with Crippen LogP contribution in [0.3, 0.4) is 0 Å². The summed E-state index contributed by atoms with van der Waals surface area (Å²) in [4.78, 5) is 0. The van der Waals surface area contributed by atoms with Crippen molar-refractivity contribution >= 4 is 17.4 Å². The quantitative estimate of drug-likeness (QED) is 0.646. The zero-order chi connectivity index (χ0) is 11.3. The van der Waals surface area contributed by atoms with E-state index in [0.717, 1.165) is 0 Å². The summed E-state index contributed by atoms with van der Waals surface area (Å²) in [7, 11) is 0. The fourth-order valence-electron chi connectivity index (χ4n) is 0.881. The van der Waals surface area contributed by atoms with E-state index >= 15 is 0 Å². The molecular formula is C9H10F3NOS. The highest BCUT2D eigenvalue weighted by molar-refractivity contribution is 8.00. The van der Waals surface area contributed by atoms with Gasteiger partial charge >= 0.3 is 5.51 Å². The second kappa shape index (κ2) is 5.16. The number of thioether (sulfide) groups is 1. The molecule has 0 aliphatic carbocycles. The molecule has 15 heavy (non-hydrogen) atoms. The number of nitrogens with two attached hydrogens (primary N) is 1. The molecule has 0 heterocycles. The molecule has 0 saturated carbocycles. The normalized spacial score (nSPS) is 11.4. The van der Waals surface area contributed by atoms with Crippen LogP contribution in [0.1, 0.15) is 0 Å². The third-order valence-electron chi connectivity index (χ3n) is 1.50. The average molecular weight is 237 g/mol. The molecule has 1 aromatic carbocycles. The van der Waals surface area contributed by atoms with Crippen molar-refractivity contribution in [2.45, 2.75) is 5.51 Å². The first-order chi connectivity index (χ1) is 6.97. The third-order valence-corrected chi connectivity index (χ3v) is 2.20. The molecule has 6 heteroatoms. The Morgan fingerprint density at radius 2 is 1.80 bits per heavy atom. The Kier molecular flexibility index (Phi) is 4.14. The third kappa shape index (κ3) is 5.41. The minimum Gasteiger partial charge on any atom is -0.493 e. The second-order valence-corrected chi connectivity index (χ2v) is 3.87. The van der Waals surface area contributed by atoms with Crippen molar-refractivity contribution in [1.29, 1.82) is 0 Å². The van der Waals surface area contributed by atoms with Crippen LogP contribution in [0.15, 0.2) is 24.3 Å². The van der Waals surface area contributed by atoms with Crippen molar-refractivity contribution in [3.63, 3.8) is 0 Å². The van der Waals surface area contributed by atoms with Crippen LogP contribution in [-0.2, 0) is 0 Å². The van der Waals surface area contributed by atoms with E-state index in [4.69, 9.17) is 10.5 Å². The predicted molar refractivity (Wildman–Crippen MR) is 54.9 cm³/mol. The van der Waals surface area contributed by atoms with Crippen molar-refractivity contribution in [2.24, 2.45) is 0 Å². The minimum atomic E-state index is -4.19. The van der Waals surface area contributed by atoms with Crippen molar-refractivity contribution < 1.29 is 17.9 Å². The number of nitrogen functional groups attached to an aromatic ring is 1. The molecule has 2 N–H and O–H groups in total. The first-order valence-corrected chi connectivity index (χ1v) is 5.15. The summed E-state index contributed by atoms with van der Waals surface area (Å²) < 4.78 is 40.3. The SMILES string of the molecule is Nc1ccc(OCCSC(F)(F)F)cc1. The van der Waals surface area contributed by atoms with E-state index in [2.05, 4.69) is 0 Å². The molecule has 1 rings (SSSR count). The maximum absolute atomic E-state index is 11.7. The van der Waals surface area contributed by atoms with Gasteiger partial charge in [0.25, 0.3) is 0 Å². The van der Waals surface area contributed by atoms with E-state index in [-0.39, 0.29) is 24.1 Å². The number of hydrogen-bond donors (Lipinski definition) is 1. The zero-order valence-electron chi connectivity index (χ0n) is 7.75. The topological polar surface area (TPSA) is 35.2 Å². The molecule has 0 aromatic heterocycles. The van der Waals surface area contributed by atoms with Gasteiger partial charge in [-0.05, 0) is 36.0 Å².